The van der Waals surface area contributed by atoms with Gasteiger partial charge in [0, 0.05) is 49.8 Å². The molecule has 8 unspecified atom stereocenters. The molecule has 49 heavy (non-hydrogen) atoms. The number of rotatable bonds is 20. The van der Waals surface area contributed by atoms with Gasteiger partial charge >= 0.3 is 0 Å². The summed E-state index contributed by atoms with van der Waals surface area (Å²) in [5.41, 5.74) is 0. The van der Waals surface area contributed by atoms with Gasteiger partial charge in [0.15, 0.2) is 18.9 Å². The molecule has 0 aromatic heterocycles. The molecular weight excluding hydrogens is 660 g/mol. The summed E-state index contributed by atoms with van der Waals surface area (Å²) in [6.45, 7) is 2.89. The van der Waals surface area contributed by atoms with Crippen molar-refractivity contribution >= 4 is 0 Å². The molecule has 0 aromatic rings. The van der Waals surface area contributed by atoms with E-state index in [1.54, 1.807) is 6.92 Å². The third kappa shape index (κ3) is 10.7. The number of hydrogen-bond donors (Lipinski definition) is 4. The Morgan fingerprint density at radius 3 is 1.63 bits per heavy atom. The highest BCUT2D eigenvalue weighted by Gasteiger charge is 2.55. The first-order valence-electron chi connectivity index (χ1n) is 16.3. The standard InChI is InChI=1S/C31H58O18/c1-15(33)11-43-26-20(34)22(48-31-28(44-16(2)12-36-3)27(41-8)23(39-6)17(10-32)45-31)18(13-37-4)47-30(26)49-24-19(14-38-5)46-29(42-9)21(35)25(24)40-7/h15-35H,10-14H2,1-9H3/t15?,16?,17-,18?,19-,20?,21?,22+,23+,24+,25?,26-,27?,28?,29+,30-,31-/m0/s1. The lowest BCUT2D eigenvalue weighted by Crippen LogP contribution is -2.68. The number of aliphatic hydroxyl groups is 4. The van der Waals surface area contributed by atoms with E-state index < -0.39 is 111 Å². The van der Waals surface area contributed by atoms with Gasteiger partial charge in [0.2, 0.25) is 0 Å². The van der Waals surface area contributed by atoms with Crippen molar-refractivity contribution in [3.05, 3.63) is 0 Å². The Morgan fingerprint density at radius 2 is 1.10 bits per heavy atom. The lowest BCUT2D eigenvalue weighted by Gasteiger charge is -2.50. The van der Waals surface area contributed by atoms with Crippen molar-refractivity contribution < 1.29 is 86.7 Å². The highest BCUT2D eigenvalue weighted by molar-refractivity contribution is 4.98. The molecule has 0 amide bonds. The summed E-state index contributed by atoms with van der Waals surface area (Å²) in [5, 5.41) is 43.2. The topological polar surface area (TPSA) is 210 Å². The molecule has 3 saturated heterocycles. The third-order valence-corrected chi connectivity index (χ3v) is 8.62. The van der Waals surface area contributed by atoms with Gasteiger partial charge < -0.3 is 86.7 Å². The van der Waals surface area contributed by atoms with Gasteiger partial charge in [-0.3, -0.25) is 0 Å². The van der Waals surface area contributed by atoms with Crippen LogP contribution in [-0.2, 0) is 66.3 Å². The average molecular weight is 719 g/mol. The Labute approximate surface area is 287 Å². The van der Waals surface area contributed by atoms with Crippen LogP contribution in [0.3, 0.4) is 0 Å². The Hall–Kier alpha value is -0.720. The Bertz CT molecular complexity index is 903. The fourth-order valence-electron chi connectivity index (χ4n) is 6.41. The van der Waals surface area contributed by atoms with Gasteiger partial charge in [-0.2, -0.15) is 0 Å². The van der Waals surface area contributed by atoms with Crippen LogP contribution < -0.4 is 0 Å². The summed E-state index contributed by atoms with van der Waals surface area (Å²) in [5.74, 6) is 0. The maximum atomic E-state index is 12.0. The fourth-order valence-corrected chi connectivity index (χ4v) is 6.41. The molecule has 0 aliphatic carbocycles. The summed E-state index contributed by atoms with van der Waals surface area (Å²) in [6.07, 6.45) is -17.2. The van der Waals surface area contributed by atoms with Gasteiger partial charge in [0.25, 0.3) is 0 Å². The molecule has 3 aliphatic rings. The van der Waals surface area contributed by atoms with E-state index in [1.165, 1.54) is 56.7 Å². The van der Waals surface area contributed by atoms with Gasteiger partial charge in [-0.1, -0.05) is 0 Å². The molecule has 0 radical (unpaired) electrons. The van der Waals surface area contributed by atoms with E-state index in [-0.39, 0.29) is 26.4 Å². The molecule has 3 heterocycles. The molecule has 3 rings (SSSR count). The van der Waals surface area contributed by atoms with Crippen molar-refractivity contribution in [1.29, 1.82) is 0 Å². The Morgan fingerprint density at radius 1 is 0.551 bits per heavy atom. The highest BCUT2D eigenvalue weighted by atomic mass is 16.8. The van der Waals surface area contributed by atoms with E-state index in [9.17, 15) is 20.4 Å². The van der Waals surface area contributed by atoms with E-state index in [0.29, 0.717) is 0 Å². The lowest BCUT2D eigenvalue weighted by molar-refractivity contribution is -0.387. The van der Waals surface area contributed by atoms with Crippen molar-refractivity contribution in [3.8, 4) is 0 Å². The van der Waals surface area contributed by atoms with Crippen molar-refractivity contribution in [3.63, 3.8) is 0 Å². The van der Waals surface area contributed by atoms with E-state index in [4.69, 9.17) is 66.3 Å². The highest BCUT2D eigenvalue weighted by Crippen LogP contribution is 2.36. The van der Waals surface area contributed by atoms with Crippen LogP contribution in [0.2, 0.25) is 0 Å². The zero-order valence-corrected chi connectivity index (χ0v) is 29.9. The zero-order chi connectivity index (χ0) is 36.2. The minimum Gasteiger partial charge on any atom is -0.394 e. The average Bonchev–Trinajstić information content (AvgIpc) is 3.07. The zero-order valence-electron chi connectivity index (χ0n) is 29.9. The Kier molecular flexibility index (Phi) is 18.4. The summed E-state index contributed by atoms with van der Waals surface area (Å²) < 4.78 is 82.0. The van der Waals surface area contributed by atoms with E-state index in [1.807, 2.05) is 0 Å². The van der Waals surface area contributed by atoms with Crippen LogP contribution in [0.5, 0.6) is 0 Å². The van der Waals surface area contributed by atoms with E-state index in [2.05, 4.69) is 0 Å². The molecule has 17 atom stereocenters. The second-order valence-corrected chi connectivity index (χ2v) is 12.3. The van der Waals surface area contributed by atoms with Crippen LogP contribution in [0.15, 0.2) is 0 Å². The normalized spacial score (nSPS) is 41.4. The van der Waals surface area contributed by atoms with Gasteiger partial charge in [-0.25, -0.2) is 0 Å². The predicted octanol–water partition coefficient (Wildman–Crippen LogP) is -2.18. The molecular formula is C31H58O18. The first kappa shape index (κ1) is 42.7. The first-order chi connectivity index (χ1) is 23.5. The van der Waals surface area contributed by atoms with Gasteiger partial charge in [0.1, 0.15) is 73.2 Å². The molecule has 0 spiro atoms. The molecule has 18 heteroatoms. The SMILES string of the molecule is COCC(C)OC1C(OC)[C@H](OC)[C@H](CO)O[C@H]1O[C@@H]1C(COC)O[C@@H](O[C@H]2C(OC)C(O)[C@H](OC)O[C@H]2COC)[C@@H](OCC(C)O)C1O. The number of aliphatic hydroxyl groups excluding tert-OH is 4. The summed E-state index contributed by atoms with van der Waals surface area (Å²) in [4.78, 5) is 0. The van der Waals surface area contributed by atoms with Crippen molar-refractivity contribution in [1.82, 2.24) is 0 Å². The Balaban J connectivity index is 1.98. The number of ether oxygens (including phenoxy) is 14. The summed E-state index contributed by atoms with van der Waals surface area (Å²) >= 11 is 0. The van der Waals surface area contributed by atoms with Crippen LogP contribution in [0, 0.1) is 0 Å². The summed E-state index contributed by atoms with van der Waals surface area (Å²) in [6, 6.07) is 0. The molecule has 18 nitrogen and oxygen atoms in total. The van der Waals surface area contributed by atoms with Crippen LogP contribution in [0.25, 0.3) is 0 Å². The molecule has 290 valence electrons. The minimum absolute atomic E-state index is 0.0376. The smallest absolute Gasteiger partial charge is 0.187 e. The number of methoxy groups -OCH3 is 7. The quantitative estimate of drug-likeness (QED) is 0.105. The third-order valence-electron chi connectivity index (χ3n) is 8.62. The molecule has 3 fully saturated rings. The molecule has 0 saturated carbocycles. The fraction of sp³-hybridized carbons (Fsp3) is 1.00. The second kappa shape index (κ2) is 21.1. The van der Waals surface area contributed by atoms with Crippen LogP contribution >= 0.6 is 0 Å². The van der Waals surface area contributed by atoms with Gasteiger partial charge in [-0.05, 0) is 13.8 Å². The minimum atomic E-state index is -1.48. The summed E-state index contributed by atoms with van der Waals surface area (Å²) in [7, 11) is 10.2. The molecule has 0 bridgehead atoms. The molecule has 3 aliphatic heterocycles. The van der Waals surface area contributed by atoms with Crippen molar-refractivity contribution in [2.24, 2.45) is 0 Å². The van der Waals surface area contributed by atoms with Crippen LogP contribution in [-0.4, -0.2) is 208 Å². The maximum absolute atomic E-state index is 12.0. The lowest BCUT2D eigenvalue weighted by atomic mass is 9.95. The second-order valence-electron chi connectivity index (χ2n) is 12.3. The van der Waals surface area contributed by atoms with E-state index >= 15 is 0 Å². The largest absolute Gasteiger partial charge is 0.394 e. The maximum Gasteiger partial charge on any atom is 0.187 e. The predicted molar refractivity (Wildman–Crippen MR) is 166 cm³/mol. The monoisotopic (exact) mass is 718 g/mol. The van der Waals surface area contributed by atoms with Crippen molar-refractivity contribution in [2.75, 3.05) is 82.8 Å². The van der Waals surface area contributed by atoms with Crippen LogP contribution in [0.1, 0.15) is 13.8 Å². The molecule has 4 N–H and O–H groups in total. The van der Waals surface area contributed by atoms with Gasteiger partial charge in [0.05, 0.1) is 45.2 Å². The van der Waals surface area contributed by atoms with Crippen LogP contribution in [0.4, 0.5) is 0 Å². The van der Waals surface area contributed by atoms with Crippen molar-refractivity contribution in [2.45, 2.75) is 118 Å². The first-order valence-corrected chi connectivity index (χ1v) is 16.3. The van der Waals surface area contributed by atoms with Gasteiger partial charge in [-0.15, -0.1) is 0 Å². The molecule has 0 aromatic carbocycles. The van der Waals surface area contributed by atoms with E-state index in [0.717, 1.165) is 0 Å². The number of hydrogen-bond acceptors (Lipinski definition) is 18.